The van der Waals surface area contributed by atoms with Crippen molar-refractivity contribution in [2.45, 2.75) is 38.3 Å². The van der Waals surface area contributed by atoms with Crippen molar-refractivity contribution in [3.05, 3.63) is 29.8 Å². The van der Waals surface area contributed by atoms with Gasteiger partial charge < -0.3 is 25.4 Å². The number of likely N-dealkylation sites (tertiary alicyclic amines) is 1. The van der Waals surface area contributed by atoms with Gasteiger partial charge in [0.05, 0.1) is 7.11 Å². The van der Waals surface area contributed by atoms with Crippen LogP contribution in [0.1, 0.15) is 25.3 Å². The molecule has 1 saturated heterocycles. The summed E-state index contributed by atoms with van der Waals surface area (Å²) in [7, 11) is 1.57. The van der Waals surface area contributed by atoms with E-state index in [-0.39, 0.29) is 12.3 Å². The van der Waals surface area contributed by atoms with Crippen LogP contribution in [-0.4, -0.2) is 60.2 Å². The van der Waals surface area contributed by atoms with E-state index in [2.05, 4.69) is 10.6 Å². The Morgan fingerprint density at radius 1 is 1.31 bits per heavy atom. The first-order chi connectivity index (χ1) is 12.5. The average molecular weight is 363 g/mol. The van der Waals surface area contributed by atoms with Gasteiger partial charge in [-0.25, -0.2) is 9.59 Å². The minimum Gasteiger partial charge on any atom is -0.497 e. The molecule has 1 aromatic carbocycles. The standard InChI is InChI=1S/C18H25N3O5/c1-3-19-18(25)20-14(11-12-6-8-13(26-2)9-7-12)16(22)21-10-4-5-15(21)17(23)24/h6-9,14-15H,3-5,10-11H2,1-2H3,(H,23,24)(H2,19,20,25)/t14-,15+/m1/s1. The van der Waals surface area contributed by atoms with Gasteiger partial charge in [-0.1, -0.05) is 12.1 Å². The smallest absolute Gasteiger partial charge is 0.326 e. The van der Waals surface area contributed by atoms with Gasteiger partial charge in [-0.2, -0.15) is 0 Å². The lowest BCUT2D eigenvalue weighted by Gasteiger charge is -2.27. The maximum Gasteiger partial charge on any atom is 0.326 e. The van der Waals surface area contributed by atoms with Crippen molar-refractivity contribution in [2.24, 2.45) is 0 Å². The first-order valence-electron chi connectivity index (χ1n) is 8.66. The van der Waals surface area contributed by atoms with Crippen molar-refractivity contribution in [3.8, 4) is 5.75 Å². The third kappa shape index (κ3) is 4.87. The number of carboxylic acids is 1. The second-order valence-corrected chi connectivity index (χ2v) is 6.14. The normalized spacial score (nSPS) is 17.5. The average Bonchev–Trinajstić information content (AvgIpc) is 3.11. The number of aliphatic carboxylic acids is 1. The van der Waals surface area contributed by atoms with Gasteiger partial charge in [0, 0.05) is 19.5 Å². The van der Waals surface area contributed by atoms with E-state index in [0.717, 1.165) is 5.56 Å². The minimum absolute atomic E-state index is 0.267. The molecule has 0 aliphatic carbocycles. The molecule has 142 valence electrons. The Bertz CT molecular complexity index is 647. The number of ether oxygens (including phenoxy) is 1. The summed E-state index contributed by atoms with van der Waals surface area (Å²) < 4.78 is 5.12. The molecule has 8 nitrogen and oxygen atoms in total. The molecule has 0 aromatic heterocycles. The van der Waals surface area contributed by atoms with Gasteiger partial charge in [-0.3, -0.25) is 4.79 Å². The minimum atomic E-state index is -1.02. The fourth-order valence-corrected chi connectivity index (χ4v) is 3.05. The fraction of sp³-hybridized carbons (Fsp3) is 0.500. The van der Waals surface area contributed by atoms with Crippen LogP contribution in [0.4, 0.5) is 4.79 Å². The quantitative estimate of drug-likeness (QED) is 0.670. The molecule has 1 aromatic rings. The number of methoxy groups -OCH3 is 1. The number of hydrogen-bond acceptors (Lipinski definition) is 4. The topological polar surface area (TPSA) is 108 Å². The van der Waals surface area contributed by atoms with Crippen molar-refractivity contribution in [2.75, 3.05) is 20.2 Å². The number of benzene rings is 1. The molecule has 26 heavy (non-hydrogen) atoms. The summed E-state index contributed by atoms with van der Waals surface area (Å²) in [5, 5.41) is 14.6. The second-order valence-electron chi connectivity index (χ2n) is 6.14. The Morgan fingerprint density at radius 3 is 2.58 bits per heavy atom. The molecular formula is C18H25N3O5. The van der Waals surface area contributed by atoms with Crippen LogP contribution in [0, 0.1) is 0 Å². The second kappa shape index (κ2) is 9.07. The van der Waals surface area contributed by atoms with Crippen molar-refractivity contribution in [3.63, 3.8) is 0 Å². The van der Waals surface area contributed by atoms with Crippen LogP contribution in [0.2, 0.25) is 0 Å². The Hall–Kier alpha value is -2.77. The van der Waals surface area contributed by atoms with Crippen molar-refractivity contribution in [1.29, 1.82) is 0 Å². The van der Waals surface area contributed by atoms with E-state index in [9.17, 15) is 19.5 Å². The summed E-state index contributed by atoms with van der Waals surface area (Å²) in [5.41, 5.74) is 0.840. The SMILES string of the molecule is CCNC(=O)N[C@H](Cc1ccc(OC)cc1)C(=O)N1CCC[C@H]1C(=O)O. The predicted octanol–water partition coefficient (Wildman–Crippen LogP) is 1.00. The highest BCUT2D eigenvalue weighted by molar-refractivity contribution is 5.90. The van der Waals surface area contributed by atoms with Gasteiger partial charge in [0.2, 0.25) is 5.91 Å². The maximum absolute atomic E-state index is 12.9. The van der Waals surface area contributed by atoms with Crippen LogP contribution in [0.15, 0.2) is 24.3 Å². The number of nitrogens with one attached hydrogen (secondary N) is 2. The third-order valence-corrected chi connectivity index (χ3v) is 4.36. The lowest BCUT2D eigenvalue weighted by atomic mass is 10.0. The van der Waals surface area contributed by atoms with E-state index in [1.54, 1.807) is 26.2 Å². The summed E-state index contributed by atoms with van der Waals surface area (Å²) in [6.45, 7) is 2.59. The molecule has 2 rings (SSSR count). The molecule has 1 aliphatic rings. The summed E-state index contributed by atoms with van der Waals surface area (Å²) in [4.78, 5) is 37.6. The van der Waals surface area contributed by atoms with Crippen molar-refractivity contribution >= 4 is 17.9 Å². The molecule has 0 spiro atoms. The van der Waals surface area contributed by atoms with Gasteiger partial charge in [0.15, 0.2) is 0 Å². The molecule has 3 N–H and O–H groups in total. The number of carbonyl (C=O) groups is 3. The monoisotopic (exact) mass is 363 g/mol. The van der Waals surface area contributed by atoms with Gasteiger partial charge >= 0.3 is 12.0 Å². The van der Waals surface area contributed by atoms with Crippen molar-refractivity contribution in [1.82, 2.24) is 15.5 Å². The highest BCUT2D eigenvalue weighted by Crippen LogP contribution is 2.20. The molecule has 1 fully saturated rings. The first-order valence-corrected chi connectivity index (χ1v) is 8.66. The van der Waals surface area contributed by atoms with E-state index in [1.807, 2.05) is 12.1 Å². The van der Waals surface area contributed by atoms with Crippen LogP contribution < -0.4 is 15.4 Å². The highest BCUT2D eigenvalue weighted by atomic mass is 16.5. The Balaban J connectivity index is 2.17. The summed E-state index contributed by atoms with van der Waals surface area (Å²) in [6.07, 6.45) is 1.33. The Labute approximate surface area is 152 Å². The molecule has 1 heterocycles. The molecule has 0 unspecified atom stereocenters. The number of urea groups is 1. The first kappa shape index (κ1) is 19.6. The van der Waals surface area contributed by atoms with Crippen LogP contribution >= 0.6 is 0 Å². The van der Waals surface area contributed by atoms with E-state index in [4.69, 9.17) is 4.74 Å². The summed E-state index contributed by atoms with van der Waals surface area (Å²) >= 11 is 0. The molecule has 8 heteroatoms. The lowest BCUT2D eigenvalue weighted by molar-refractivity contribution is -0.148. The predicted molar refractivity (Wildman–Crippen MR) is 95.1 cm³/mol. The third-order valence-electron chi connectivity index (χ3n) is 4.36. The van der Waals surface area contributed by atoms with E-state index < -0.39 is 24.1 Å². The van der Waals surface area contributed by atoms with Gasteiger partial charge in [0.25, 0.3) is 0 Å². The molecule has 0 radical (unpaired) electrons. The Kier molecular flexibility index (Phi) is 6.82. The van der Waals surface area contributed by atoms with Crippen LogP contribution in [0.3, 0.4) is 0 Å². The number of carboxylic acid groups (broad SMARTS) is 1. The van der Waals surface area contributed by atoms with Crippen LogP contribution in [0.5, 0.6) is 5.75 Å². The number of rotatable bonds is 7. The maximum atomic E-state index is 12.9. The van der Waals surface area contributed by atoms with Gasteiger partial charge in [0.1, 0.15) is 17.8 Å². The van der Waals surface area contributed by atoms with Crippen LogP contribution in [0.25, 0.3) is 0 Å². The zero-order valence-corrected chi connectivity index (χ0v) is 15.0. The summed E-state index contributed by atoms with van der Waals surface area (Å²) in [5.74, 6) is -0.701. The molecule has 0 bridgehead atoms. The zero-order chi connectivity index (χ0) is 19.1. The lowest BCUT2D eigenvalue weighted by Crippen LogP contribution is -2.54. The summed E-state index contributed by atoms with van der Waals surface area (Å²) in [6, 6.07) is 5.06. The number of nitrogens with zero attached hydrogens (tertiary/aromatic N) is 1. The van der Waals surface area contributed by atoms with E-state index >= 15 is 0 Å². The largest absolute Gasteiger partial charge is 0.497 e. The molecular weight excluding hydrogens is 338 g/mol. The van der Waals surface area contributed by atoms with Gasteiger partial charge in [-0.15, -0.1) is 0 Å². The fourth-order valence-electron chi connectivity index (χ4n) is 3.05. The molecule has 3 amide bonds. The zero-order valence-electron chi connectivity index (χ0n) is 15.0. The number of hydrogen-bond donors (Lipinski definition) is 3. The molecule has 0 saturated carbocycles. The van der Waals surface area contributed by atoms with Gasteiger partial charge in [-0.05, 0) is 37.5 Å². The highest BCUT2D eigenvalue weighted by Gasteiger charge is 2.37. The van der Waals surface area contributed by atoms with E-state index in [0.29, 0.717) is 31.7 Å². The number of amides is 3. The number of carbonyl (C=O) groups excluding carboxylic acids is 2. The van der Waals surface area contributed by atoms with E-state index in [1.165, 1.54) is 4.90 Å². The van der Waals surface area contributed by atoms with Crippen LogP contribution in [-0.2, 0) is 16.0 Å². The van der Waals surface area contributed by atoms with Crippen molar-refractivity contribution < 1.29 is 24.2 Å². The molecule has 1 aliphatic heterocycles. The Morgan fingerprint density at radius 2 is 2.00 bits per heavy atom. The molecule has 2 atom stereocenters.